The van der Waals surface area contributed by atoms with Gasteiger partial charge in [-0.2, -0.15) is 0 Å². The number of amides is 2. The Morgan fingerprint density at radius 3 is 2.15 bits per heavy atom. The Hall–Kier alpha value is -3.02. The van der Waals surface area contributed by atoms with Crippen LogP contribution in [0, 0.1) is 6.92 Å². The Balaban J connectivity index is 1.92. The summed E-state index contributed by atoms with van der Waals surface area (Å²) in [5.41, 5.74) is 2.18. The van der Waals surface area contributed by atoms with E-state index in [2.05, 4.69) is 10.6 Å². The minimum absolute atomic E-state index is 0.0787. The smallest absolute Gasteiger partial charge is 0.262 e. The van der Waals surface area contributed by atoms with Crippen molar-refractivity contribution in [3.8, 4) is 11.5 Å². The number of hydrogen-bond acceptors (Lipinski definition) is 4. The molecule has 0 spiro atoms. The van der Waals surface area contributed by atoms with Gasteiger partial charge in [-0.1, -0.05) is 13.0 Å². The van der Waals surface area contributed by atoms with Crippen LogP contribution in [0.15, 0.2) is 42.5 Å². The van der Waals surface area contributed by atoms with E-state index in [1.165, 1.54) is 0 Å². The molecule has 0 aliphatic rings. The summed E-state index contributed by atoms with van der Waals surface area (Å²) in [5, 5.41) is 5.58. The number of carbonyl (C=O) groups is 2. The van der Waals surface area contributed by atoms with Gasteiger partial charge >= 0.3 is 0 Å². The molecule has 0 heterocycles. The number of carbonyl (C=O) groups excluding carboxylic acids is 2. The molecular weight excluding hydrogens is 332 g/mol. The number of aryl methyl sites for hydroxylation is 1. The maximum Gasteiger partial charge on any atom is 0.262 e. The van der Waals surface area contributed by atoms with E-state index in [0.29, 0.717) is 30.2 Å². The van der Waals surface area contributed by atoms with E-state index in [4.69, 9.17) is 9.47 Å². The average molecular weight is 356 g/mol. The molecule has 0 aliphatic carbocycles. The molecule has 2 N–H and O–H groups in total. The van der Waals surface area contributed by atoms with Gasteiger partial charge in [0.1, 0.15) is 11.5 Å². The summed E-state index contributed by atoms with van der Waals surface area (Å²) in [4.78, 5) is 23.6. The summed E-state index contributed by atoms with van der Waals surface area (Å²) in [6.45, 7) is 6.07. The zero-order valence-corrected chi connectivity index (χ0v) is 15.3. The van der Waals surface area contributed by atoms with Gasteiger partial charge in [0.15, 0.2) is 6.61 Å². The third-order valence-electron chi connectivity index (χ3n) is 3.62. The Morgan fingerprint density at radius 2 is 1.54 bits per heavy atom. The number of benzene rings is 2. The second kappa shape index (κ2) is 9.46. The van der Waals surface area contributed by atoms with Gasteiger partial charge < -0.3 is 20.1 Å². The SMILES string of the molecule is CCOc1ccc(OCC(=O)Nc2cc(NC(=O)CC)ccc2C)cc1. The lowest BCUT2D eigenvalue weighted by Crippen LogP contribution is -2.21. The van der Waals surface area contributed by atoms with Gasteiger partial charge in [0.05, 0.1) is 6.61 Å². The van der Waals surface area contributed by atoms with Crippen molar-refractivity contribution in [3.05, 3.63) is 48.0 Å². The molecule has 2 aromatic carbocycles. The van der Waals surface area contributed by atoms with E-state index in [-0.39, 0.29) is 18.4 Å². The molecule has 2 amide bonds. The van der Waals surface area contributed by atoms with Crippen LogP contribution in [0.1, 0.15) is 25.8 Å². The van der Waals surface area contributed by atoms with Crippen molar-refractivity contribution in [2.75, 3.05) is 23.8 Å². The number of hydrogen-bond donors (Lipinski definition) is 2. The number of ether oxygens (including phenoxy) is 2. The monoisotopic (exact) mass is 356 g/mol. The maximum absolute atomic E-state index is 12.1. The number of rotatable bonds is 8. The third-order valence-corrected chi connectivity index (χ3v) is 3.62. The van der Waals surface area contributed by atoms with Crippen LogP contribution in [-0.4, -0.2) is 25.0 Å². The fraction of sp³-hybridized carbons (Fsp3) is 0.300. The Labute approximate surface area is 153 Å². The highest BCUT2D eigenvalue weighted by Crippen LogP contribution is 2.21. The van der Waals surface area contributed by atoms with E-state index in [9.17, 15) is 9.59 Å². The van der Waals surface area contributed by atoms with E-state index < -0.39 is 0 Å². The minimum Gasteiger partial charge on any atom is -0.494 e. The first-order chi connectivity index (χ1) is 12.5. The van der Waals surface area contributed by atoms with Crippen LogP contribution in [0.4, 0.5) is 11.4 Å². The molecule has 0 saturated heterocycles. The highest BCUT2D eigenvalue weighted by molar-refractivity contribution is 5.95. The van der Waals surface area contributed by atoms with Gasteiger partial charge in [0.2, 0.25) is 5.91 Å². The largest absolute Gasteiger partial charge is 0.494 e. The summed E-state index contributed by atoms with van der Waals surface area (Å²) in [5.74, 6) is 0.987. The molecule has 0 radical (unpaired) electrons. The van der Waals surface area contributed by atoms with Crippen molar-refractivity contribution in [2.24, 2.45) is 0 Å². The highest BCUT2D eigenvalue weighted by Gasteiger charge is 2.08. The zero-order chi connectivity index (χ0) is 18.9. The molecule has 6 nitrogen and oxygen atoms in total. The first-order valence-corrected chi connectivity index (χ1v) is 8.57. The van der Waals surface area contributed by atoms with Crippen LogP contribution in [0.3, 0.4) is 0 Å². The summed E-state index contributed by atoms with van der Waals surface area (Å²) < 4.78 is 10.8. The van der Waals surface area contributed by atoms with E-state index >= 15 is 0 Å². The van der Waals surface area contributed by atoms with Crippen LogP contribution in [0.25, 0.3) is 0 Å². The standard InChI is InChI=1S/C20H24N2O4/c1-4-19(23)21-15-7-6-14(3)18(12-15)22-20(24)13-26-17-10-8-16(9-11-17)25-5-2/h6-12H,4-5,13H2,1-3H3,(H,21,23)(H,22,24). The second-order valence-electron chi connectivity index (χ2n) is 5.67. The first-order valence-electron chi connectivity index (χ1n) is 8.57. The number of anilines is 2. The summed E-state index contributed by atoms with van der Waals surface area (Å²) in [6, 6.07) is 12.5. The molecule has 0 unspecified atom stereocenters. The van der Waals surface area contributed by atoms with Crippen molar-refractivity contribution in [2.45, 2.75) is 27.2 Å². The minimum atomic E-state index is -0.277. The van der Waals surface area contributed by atoms with Crippen molar-refractivity contribution in [3.63, 3.8) is 0 Å². The van der Waals surface area contributed by atoms with Crippen molar-refractivity contribution < 1.29 is 19.1 Å². The van der Waals surface area contributed by atoms with Crippen molar-refractivity contribution in [1.82, 2.24) is 0 Å². The Morgan fingerprint density at radius 1 is 0.885 bits per heavy atom. The molecule has 6 heteroatoms. The van der Waals surface area contributed by atoms with Crippen molar-refractivity contribution in [1.29, 1.82) is 0 Å². The van der Waals surface area contributed by atoms with E-state index in [0.717, 1.165) is 11.3 Å². The lowest BCUT2D eigenvalue weighted by atomic mass is 10.1. The molecule has 26 heavy (non-hydrogen) atoms. The average Bonchev–Trinajstić information content (AvgIpc) is 2.64. The topological polar surface area (TPSA) is 76.7 Å². The molecule has 0 fully saturated rings. The predicted octanol–water partition coefficient (Wildman–Crippen LogP) is 3.76. The van der Waals surface area contributed by atoms with Crippen LogP contribution in [0.2, 0.25) is 0 Å². The molecule has 2 rings (SSSR count). The van der Waals surface area contributed by atoms with Gasteiger partial charge in [-0.15, -0.1) is 0 Å². The second-order valence-corrected chi connectivity index (χ2v) is 5.67. The molecule has 2 aromatic rings. The molecular formula is C20H24N2O4. The summed E-state index contributed by atoms with van der Waals surface area (Å²) in [7, 11) is 0. The Kier molecular flexibility index (Phi) is 7.02. The molecule has 138 valence electrons. The van der Waals surface area contributed by atoms with Crippen LogP contribution >= 0.6 is 0 Å². The van der Waals surface area contributed by atoms with Gasteiger partial charge in [0, 0.05) is 17.8 Å². The first kappa shape index (κ1) is 19.3. The van der Waals surface area contributed by atoms with E-state index in [1.54, 1.807) is 43.3 Å². The van der Waals surface area contributed by atoms with Crippen LogP contribution < -0.4 is 20.1 Å². The normalized spacial score (nSPS) is 10.1. The fourth-order valence-corrected chi connectivity index (χ4v) is 2.22. The lowest BCUT2D eigenvalue weighted by Gasteiger charge is -2.12. The number of nitrogens with one attached hydrogen (secondary N) is 2. The summed E-state index contributed by atoms with van der Waals surface area (Å²) in [6.07, 6.45) is 0.394. The fourth-order valence-electron chi connectivity index (χ4n) is 2.22. The molecule has 0 bridgehead atoms. The zero-order valence-electron chi connectivity index (χ0n) is 15.3. The van der Waals surface area contributed by atoms with E-state index in [1.807, 2.05) is 19.9 Å². The molecule has 0 aliphatic heterocycles. The predicted molar refractivity (Wildman–Crippen MR) is 102 cm³/mol. The third kappa shape index (κ3) is 5.81. The van der Waals surface area contributed by atoms with Gasteiger partial charge in [-0.3, -0.25) is 9.59 Å². The quantitative estimate of drug-likeness (QED) is 0.755. The Bertz CT molecular complexity index is 757. The van der Waals surface area contributed by atoms with Crippen molar-refractivity contribution >= 4 is 23.2 Å². The van der Waals surface area contributed by atoms with Crippen LogP contribution in [-0.2, 0) is 9.59 Å². The van der Waals surface area contributed by atoms with Crippen LogP contribution in [0.5, 0.6) is 11.5 Å². The highest BCUT2D eigenvalue weighted by atomic mass is 16.5. The summed E-state index contributed by atoms with van der Waals surface area (Å²) >= 11 is 0. The molecule has 0 aromatic heterocycles. The van der Waals surface area contributed by atoms with Gasteiger partial charge in [-0.25, -0.2) is 0 Å². The van der Waals surface area contributed by atoms with Gasteiger partial charge in [0.25, 0.3) is 5.91 Å². The van der Waals surface area contributed by atoms with Gasteiger partial charge in [-0.05, 0) is 55.8 Å². The molecule has 0 saturated carbocycles. The maximum atomic E-state index is 12.1. The lowest BCUT2D eigenvalue weighted by molar-refractivity contribution is -0.118. The molecule has 0 atom stereocenters.